The number of carbonyl (C=O) groups is 1. The normalized spacial score (nSPS) is 16.4. The number of nitrogens with zero attached hydrogens (tertiary/aromatic N) is 3. The average molecular weight is 508 g/mol. The lowest BCUT2D eigenvalue weighted by Gasteiger charge is -2.33. The number of methoxy groups -OCH3 is 1. The molecule has 0 bridgehead atoms. The summed E-state index contributed by atoms with van der Waals surface area (Å²) in [6, 6.07) is 11.1. The first-order chi connectivity index (χ1) is 16.7. The van der Waals surface area contributed by atoms with Crippen LogP contribution in [-0.4, -0.2) is 31.6 Å². The first-order valence-corrected chi connectivity index (χ1v) is 12.0. The SMILES string of the molecule is COC(=O)CCn1ncc2c1CCCC2N(c1ccc(-c2cccc(C(F)(F)F)c2)cc1)S(=O)O. The van der Waals surface area contributed by atoms with Crippen molar-refractivity contribution in [2.75, 3.05) is 11.4 Å². The van der Waals surface area contributed by atoms with Gasteiger partial charge in [0.2, 0.25) is 0 Å². The van der Waals surface area contributed by atoms with Crippen molar-refractivity contribution in [3.63, 3.8) is 0 Å². The monoisotopic (exact) mass is 507 g/mol. The molecule has 0 fully saturated rings. The lowest BCUT2D eigenvalue weighted by molar-refractivity contribution is -0.141. The van der Waals surface area contributed by atoms with Crippen LogP contribution in [0, 0.1) is 0 Å². The lowest BCUT2D eigenvalue weighted by atomic mass is 9.92. The Hall–Kier alpha value is -3.18. The van der Waals surface area contributed by atoms with Crippen molar-refractivity contribution in [3.05, 3.63) is 71.5 Å². The molecule has 4 rings (SSSR count). The topological polar surface area (TPSA) is 84.7 Å². The summed E-state index contributed by atoms with van der Waals surface area (Å²) in [5.74, 6) is -0.347. The van der Waals surface area contributed by atoms with E-state index in [1.807, 2.05) is 0 Å². The number of alkyl halides is 3. The predicted octanol–water partition coefficient (Wildman–Crippen LogP) is 5.15. The highest BCUT2D eigenvalue weighted by molar-refractivity contribution is 7.80. The summed E-state index contributed by atoms with van der Waals surface area (Å²) < 4.78 is 69.6. The molecule has 1 N–H and O–H groups in total. The van der Waals surface area contributed by atoms with Gasteiger partial charge in [0.05, 0.1) is 43.6 Å². The number of rotatable bonds is 7. The van der Waals surface area contributed by atoms with Crippen LogP contribution >= 0.6 is 0 Å². The highest BCUT2D eigenvalue weighted by Crippen LogP contribution is 2.39. The fourth-order valence-corrected chi connectivity index (χ4v) is 5.12. The molecule has 1 aliphatic carbocycles. The standard InChI is InChI=1S/C24H24F3N3O4S/c1-34-23(31)12-13-29-21-6-3-7-22(20(21)15-28-29)30(35(32)33)19-10-8-16(9-11-19)17-4-2-5-18(14-17)24(25,26)27/h2,4-5,8-11,14-15,22H,3,6-7,12-13H2,1H3,(H,32,33). The van der Waals surface area contributed by atoms with Crippen molar-refractivity contribution in [1.29, 1.82) is 0 Å². The van der Waals surface area contributed by atoms with Gasteiger partial charge < -0.3 is 4.74 Å². The van der Waals surface area contributed by atoms with Crippen LogP contribution in [0.25, 0.3) is 11.1 Å². The maximum Gasteiger partial charge on any atom is 0.416 e. The van der Waals surface area contributed by atoms with Crippen molar-refractivity contribution in [3.8, 4) is 11.1 Å². The third-order valence-electron chi connectivity index (χ3n) is 6.08. The Bertz CT molecular complexity index is 1230. The molecule has 1 aromatic heterocycles. The van der Waals surface area contributed by atoms with Gasteiger partial charge in [-0.25, -0.2) is 4.21 Å². The van der Waals surface area contributed by atoms with Crippen molar-refractivity contribution in [2.45, 2.75) is 44.4 Å². The molecule has 0 saturated carbocycles. The van der Waals surface area contributed by atoms with Crippen molar-refractivity contribution >= 4 is 22.9 Å². The molecule has 2 aromatic carbocycles. The molecular weight excluding hydrogens is 483 g/mol. The maximum absolute atomic E-state index is 13.1. The second kappa shape index (κ2) is 10.2. The van der Waals surface area contributed by atoms with E-state index in [1.54, 1.807) is 41.2 Å². The molecule has 0 amide bonds. The molecule has 1 aliphatic rings. The summed E-state index contributed by atoms with van der Waals surface area (Å²) in [5.41, 5.74) is 2.39. The zero-order valence-corrected chi connectivity index (χ0v) is 19.7. The summed E-state index contributed by atoms with van der Waals surface area (Å²) >= 11 is -2.36. The highest BCUT2D eigenvalue weighted by Gasteiger charge is 2.33. The number of carbonyl (C=O) groups excluding carboxylic acids is 1. The molecule has 2 unspecified atom stereocenters. The first-order valence-electron chi connectivity index (χ1n) is 11.0. The van der Waals surface area contributed by atoms with Crippen molar-refractivity contribution in [1.82, 2.24) is 9.78 Å². The van der Waals surface area contributed by atoms with Gasteiger partial charge in [-0.3, -0.25) is 18.3 Å². The average Bonchev–Trinajstić information content (AvgIpc) is 3.26. The number of fused-ring (bicyclic) bond motifs is 1. The van der Waals surface area contributed by atoms with Gasteiger partial charge in [0.1, 0.15) is 0 Å². The zero-order chi connectivity index (χ0) is 25.2. The quantitative estimate of drug-likeness (QED) is 0.353. The molecule has 0 saturated heterocycles. The Labute approximate surface area is 202 Å². The maximum atomic E-state index is 13.1. The molecule has 3 aromatic rings. The second-order valence-electron chi connectivity index (χ2n) is 8.19. The highest BCUT2D eigenvalue weighted by atomic mass is 32.2. The first kappa shape index (κ1) is 24.9. The van der Waals surface area contributed by atoms with E-state index >= 15 is 0 Å². The van der Waals surface area contributed by atoms with E-state index in [0.29, 0.717) is 29.8 Å². The molecule has 0 spiro atoms. The Morgan fingerprint density at radius 3 is 2.63 bits per heavy atom. The molecule has 0 radical (unpaired) electrons. The number of anilines is 1. The molecular formula is C24H24F3N3O4S. The van der Waals surface area contributed by atoms with Crippen LogP contribution in [0.15, 0.2) is 54.7 Å². The predicted molar refractivity (Wildman–Crippen MR) is 125 cm³/mol. The summed E-state index contributed by atoms with van der Waals surface area (Å²) in [7, 11) is 1.32. The van der Waals surface area contributed by atoms with Crippen LogP contribution < -0.4 is 4.31 Å². The smallest absolute Gasteiger partial charge is 0.416 e. The molecule has 2 atom stereocenters. The minimum absolute atomic E-state index is 0.169. The van der Waals surface area contributed by atoms with E-state index in [9.17, 15) is 26.7 Å². The van der Waals surface area contributed by atoms with Crippen LogP contribution in [-0.2, 0) is 39.9 Å². The van der Waals surface area contributed by atoms with Gasteiger partial charge in [0.25, 0.3) is 11.3 Å². The molecule has 35 heavy (non-hydrogen) atoms. The van der Waals surface area contributed by atoms with Gasteiger partial charge in [-0.05, 0) is 54.7 Å². The molecule has 186 valence electrons. The molecule has 7 nitrogen and oxygen atoms in total. The Morgan fingerprint density at radius 1 is 1.23 bits per heavy atom. The lowest BCUT2D eigenvalue weighted by Crippen LogP contribution is -2.32. The number of aromatic nitrogens is 2. The second-order valence-corrected chi connectivity index (χ2v) is 9.04. The minimum atomic E-state index is -4.44. The third kappa shape index (κ3) is 5.40. The summed E-state index contributed by atoms with van der Waals surface area (Å²) in [4.78, 5) is 11.5. The number of aryl methyl sites for hydroxylation is 1. The van der Waals surface area contributed by atoms with E-state index in [0.717, 1.165) is 36.2 Å². The number of hydrogen-bond acceptors (Lipinski definition) is 4. The number of hydrogen-bond donors (Lipinski definition) is 1. The largest absolute Gasteiger partial charge is 0.469 e. The van der Waals surface area contributed by atoms with Gasteiger partial charge in [-0.2, -0.15) is 18.3 Å². The Morgan fingerprint density at radius 2 is 1.97 bits per heavy atom. The van der Waals surface area contributed by atoms with Gasteiger partial charge in [-0.1, -0.05) is 24.3 Å². The third-order valence-corrected chi connectivity index (χ3v) is 6.88. The van der Waals surface area contributed by atoms with E-state index in [4.69, 9.17) is 0 Å². The number of esters is 1. The Kier molecular flexibility index (Phi) is 7.27. The van der Waals surface area contributed by atoms with E-state index in [1.165, 1.54) is 17.5 Å². The van der Waals surface area contributed by atoms with Gasteiger partial charge in [0.15, 0.2) is 0 Å². The van der Waals surface area contributed by atoms with Crippen LogP contribution in [0.4, 0.5) is 18.9 Å². The van der Waals surface area contributed by atoms with E-state index in [-0.39, 0.29) is 12.4 Å². The van der Waals surface area contributed by atoms with Crippen LogP contribution in [0.3, 0.4) is 0 Å². The van der Waals surface area contributed by atoms with Crippen molar-refractivity contribution < 1.29 is 31.5 Å². The molecule has 11 heteroatoms. The van der Waals surface area contributed by atoms with Gasteiger partial charge >= 0.3 is 12.1 Å². The minimum Gasteiger partial charge on any atom is -0.469 e. The van der Waals surface area contributed by atoms with Crippen LogP contribution in [0.1, 0.15) is 42.1 Å². The number of halogens is 3. The van der Waals surface area contributed by atoms with Crippen LogP contribution in [0.5, 0.6) is 0 Å². The summed E-state index contributed by atoms with van der Waals surface area (Å²) in [5, 5.41) is 4.38. The fraction of sp³-hybridized carbons (Fsp3) is 0.333. The zero-order valence-electron chi connectivity index (χ0n) is 18.9. The van der Waals surface area contributed by atoms with E-state index < -0.39 is 29.0 Å². The van der Waals surface area contributed by atoms with Crippen molar-refractivity contribution in [2.24, 2.45) is 0 Å². The van der Waals surface area contributed by atoms with E-state index in [2.05, 4.69) is 9.84 Å². The number of ether oxygens (including phenoxy) is 1. The summed E-state index contributed by atoms with van der Waals surface area (Å²) in [6.45, 7) is 0.350. The number of benzene rings is 2. The summed E-state index contributed by atoms with van der Waals surface area (Å²) in [6.07, 6.45) is -0.502. The fourth-order valence-electron chi connectivity index (χ4n) is 4.39. The Balaban J connectivity index is 1.61. The molecule has 1 heterocycles. The molecule has 0 aliphatic heterocycles. The van der Waals surface area contributed by atoms with Gasteiger partial charge in [-0.15, -0.1) is 0 Å². The van der Waals surface area contributed by atoms with Crippen LogP contribution in [0.2, 0.25) is 0 Å². The van der Waals surface area contributed by atoms with Gasteiger partial charge in [0, 0.05) is 11.3 Å².